The van der Waals surface area contributed by atoms with Gasteiger partial charge in [0.1, 0.15) is 11.4 Å². The number of aromatic carboxylic acids is 1. The van der Waals surface area contributed by atoms with E-state index in [0.29, 0.717) is 0 Å². The highest BCUT2D eigenvalue weighted by Crippen LogP contribution is 2.07. The molecule has 0 aliphatic heterocycles. The standard InChI is InChI=1S/C12H13N3O3/c1-8(6-7-13)15(2)11(16)9-4-3-5-10(14-9)12(17)18/h3-5,8H,6H2,1-2H3,(H,17,18). The van der Waals surface area contributed by atoms with E-state index in [1.807, 2.05) is 6.07 Å². The largest absolute Gasteiger partial charge is 0.477 e. The van der Waals surface area contributed by atoms with Crippen LogP contribution < -0.4 is 0 Å². The summed E-state index contributed by atoms with van der Waals surface area (Å²) >= 11 is 0. The van der Waals surface area contributed by atoms with Crippen LogP contribution in [0.1, 0.15) is 34.3 Å². The molecular formula is C12H13N3O3. The highest BCUT2D eigenvalue weighted by Gasteiger charge is 2.19. The number of carboxylic acids is 1. The molecule has 1 unspecified atom stereocenters. The Bertz CT molecular complexity index is 508. The first-order valence-corrected chi connectivity index (χ1v) is 5.31. The van der Waals surface area contributed by atoms with E-state index in [0.717, 1.165) is 0 Å². The summed E-state index contributed by atoms with van der Waals surface area (Å²) in [6, 6.07) is 5.95. The summed E-state index contributed by atoms with van der Waals surface area (Å²) in [6.07, 6.45) is 0.209. The molecular weight excluding hydrogens is 234 g/mol. The highest BCUT2D eigenvalue weighted by atomic mass is 16.4. The zero-order valence-corrected chi connectivity index (χ0v) is 10.1. The van der Waals surface area contributed by atoms with Crippen LogP contribution in [-0.2, 0) is 0 Å². The lowest BCUT2D eigenvalue weighted by molar-refractivity contribution is 0.0689. The molecule has 1 rings (SSSR count). The van der Waals surface area contributed by atoms with Gasteiger partial charge in [-0.1, -0.05) is 6.07 Å². The molecule has 0 fully saturated rings. The average molecular weight is 247 g/mol. The highest BCUT2D eigenvalue weighted by molar-refractivity contribution is 5.94. The summed E-state index contributed by atoms with van der Waals surface area (Å²) in [6.45, 7) is 1.74. The molecule has 1 amide bonds. The topological polar surface area (TPSA) is 94.3 Å². The number of nitriles is 1. The van der Waals surface area contributed by atoms with Gasteiger partial charge in [0.15, 0.2) is 0 Å². The van der Waals surface area contributed by atoms with E-state index in [2.05, 4.69) is 4.98 Å². The van der Waals surface area contributed by atoms with Crippen molar-refractivity contribution in [3.63, 3.8) is 0 Å². The van der Waals surface area contributed by atoms with Crippen molar-refractivity contribution in [2.45, 2.75) is 19.4 Å². The van der Waals surface area contributed by atoms with Gasteiger partial charge in [-0.15, -0.1) is 0 Å². The van der Waals surface area contributed by atoms with E-state index in [9.17, 15) is 9.59 Å². The molecule has 1 atom stereocenters. The van der Waals surface area contributed by atoms with Gasteiger partial charge < -0.3 is 10.0 Å². The van der Waals surface area contributed by atoms with Crippen molar-refractivity contribution >= 4 is 11.9 Å². The van der Waals surface area contributed by atoms with E-state index in [4.69, 9.17) is 10.4 Å². The van der Waals surface area contributed by atoms with Crippen molar-refractivity contribution < 1.29 is 14.7 Å². The number of amides is 1. The molecule has 6 nitrogen and oxygen atoms in total. The second kappa shape index (κ2) is 5.77. The Balaban J connectivity index is 2.94. The van der Waals surface area contributed by atoms with E-state index in [1.165, 1.54) is 23.1 Å². The SMILES string of the molecule is CC(CC#N)N(C)C(=O)c1cccc(C(=O)O)n1. The fourth-order valence-electron chi connectivity index (χ4n) is 1.32. The van der Waals surface area contributed by atoms with E-state index >= 15 is 0 Å². The molecule has 0 aliphatic carbocycles. The van der Waals surface area contributed by atoms with Gasteiger partial charge in [-0.05, 0) is 19.1 Å². The Kier molecular flexibility index (Phi) is 4.38. The molecule has 0 spiro atoms. The Morgan fingerprint density at radius 2 is 2.11 bits per heavy atom. The molecule has 1 heterocycles. The van der Waals surface area contributed by atoms with E-state index < -0.39 is 11.9 Å². The van der Waals surface area contributed by atoms with Crippen molar-refractivity contribution in [3.8, 4) is 6.07 Å². The summed E-state index contributed by atoms with van der Waals surface area (Å²) in [5.41, 5.74) is -0.121. The first-order valence-electron chi connectivity index (χ1n) is 5.31. The molecule has 0 aliphatic rings. The van der Waals surface area contributed by atoms with Crippen molar-refractivity contribution in [2.24, 2.45) is 0 Å². The first-order chi connectivity index (χ1) is 8.47. The van der Waals surface area contributed by atoms with E-state index in [1.54, 1.807) is 14.0 Å². The van der Waals surface area contributed by atoms with E-state index in [-0.39, 0.29) is 23.9 Å². The fraction of sp³-hybridized carbons (Fsp3) is 0.333. The summed E-state index contributed by atoms with van der Waals surface area (Å²) in [5.74, 6) is -1.58. The molecule has 94 valence electrons. The maximum atomic E-state index is 12.0. The Hall–Kier alpha value is -2.42. The predicted molar refractivity (Wildman–Crippen MR) is 63.0 cm³/mol. The lowest BCUT2D eigenvalue weighted by atomic mass is 10.2. The van der Waals surface area contributed by atoms with Crippen LogP contribution in [0.15, 0.2) is 18.2 Å². The molecule has 0 radical (unpaired) electrons. The third-order valence-corrected chi connectivity index (χ3v) is 2.56. The number of carbonyl (C=O) groups excluding carboxylic acids is 1. The number of hydrogen-bond acceptors (Lipinski definition) is 4. The monoisotopic (exact) mass is 247 g/mol. The maximum absolute atomic E-state index is 12.0. The van der Waals surface area contributed by atoms with Gasteiger partial charge in [0, 0.05) is 13.1 Å². The minimum absolute atomic E-state index is 0.0576. The molecule has 0 saturated heterocycles. The third-order valence-electron chi connectivity index (χ3n) is 2.56. The van der Waals surface area contributed by atoms with Crippen LogP contribution in [-0.4, -0.2) is 40.0 Å². The van der Waals surface area contributed by atoms with Crippen molar-refractivity contribution in [2.75, 3.05) is 7.05 Å². The molecule has 0 aromatic carbocycles. The second-order valence-corrected chi connectivity index (χ2v) is 3.84. The zero-order valence-electron chi connectivity index (χ0n) is 10.1. The first kappa shape index (κ1) is 13.6. The smallest absolute Gasteiger partial charge is 0.354 e. The minimum Gasteiger partial charge on any atom is -0.477 e. The Labute approximate surface area is 104 Å². The van der Waals surface area contributed by atoms with Gasteiger partial charge in [-0.3, -0.25) is 4.79 Å². The second-order valence-electron chi connectivity index (χ2n) is 3.84. The number of aromatic nitrogens is 1. The quantitative estimate of drug-likeness (QED) is 0.861. The summed E-state index contributed by atoms with van der Waals surface area (Å²) in [7, 11) is 1.56. The summed E-state index contributed by atoms with van der Waals surface area (Å²) in [4.78, 5) is 27.9. The molecule has 18 heavy (non-hydrogen) atoms. The number of hydrogen-bond donors (Lipinski definition) is 1. The lowest BCUT2D eigenvalue weighted by Crippen LogP contribution is -2.35. The van der Waals surface area contributed by atoms with Crippen molar-refractivity contribution in [3.05, 3.63) is 29.6 Å². The molecule has 1 N–H and O–H groups in total. The molecule has 6 heteroatoms. The van der Waals surface area contributed by atoms with Crippen LogP contribution in [0.3, 0.4) is 0 Å². The van der Waals surface area contributed by atoms with Crippen LogP contribution in [0.25, 0.3) is 0 Å². The van der Waals surface area contributed by atoms with Gasteiger partial charge in [0.25, 0.3) is 5.91 Å². The summed E-state index contributed by atoms with van der Waals surface area (Å²) < 4.78 is 0. The number of pyridine rings is 1. The van der Waals surface area contributed by atoms with Gasteiger partial charge in [0.05, 0.1) is 12.5 Å². The predicted octanol–water partition coefficient (Wildman–Crippen LogP) is 1.15. The van der Waals surface area contributed by atoms with Gasteiger partial charge in [-0.25, -0.2) is 9.78 Å². The van der Waals surface area contributed by atoms with Gasteiger partial charge in [0.2, 0.25) is 0 Å². The van der Waals surface area contributed by atoms with Crippen LogP contribution >= 0.6 is 0 Å². The van der Waals surface area contributed by atoms with Crippen LogP contribution in [0, 0.1) is 11.3 Å². The van der Waals surface area contributed by atoms with Crippen LogP contribution in [0.2, 0.25) is 0 Å². The normalized spacial score (nSPS) is 11.4. The summed E-state index contributed by atoms with van der Waals surface area (Å²) in [5, 5.41) is 17.4. The molecule has 0 saturated carbocycles. The van der Waals surface area contributed by atoms with Gasteiger partial charge >= 0.3 is 5.97 Å². The Morgan fingerprint density at radius 1 is 1.50 bits per heavy atom. The van der Waals surface area contributed by atoms with Crippen molar-refractivity contribution in [1.29, 1.82) is 5.26 Å². The number of carbonyl (C=O) groups is 2. The fourth-order valence-corrected chi connectivity index (χ4v) is 1.32. The number of carboxylic acid groups (broad SMARTS) is 1. The van der Waals surface area contributed by atoms with Crippen molar-refractivity contribution in [1.82, 2.24) is 9.88 Å². The number of nitrogens with zero attached hydrogens (tertiary/aromatic N) is 3. The van der Waals surface area contributed by atoms with Crippen LogP contribution in [0.4, 0.5) is 0 Å². The Morgan fingerprint density at radius 3 is 2.67 bits per heavy atom. The minimum atomic E-state index is -1.18. The van der Waals surface area contributed by atoms with Gasteiger partial charge in [-0.2, -0.15) is 5.26 Å². The molecule has 1 aromatic rings. The molecule has 1 aromatic heterocycles. The zero-order chi connectivity index (χ0) is 13.7. The maximum Gasteiger partial charge on any atom is 0.354 e. The third kappa shape index (κ3) is 3.04. The number of rotatable bonds is 4. The van der Waals surface area contributed by atoms with Crippen LogP contribution in [0.5, 0.6) is 0 Å². The lowest BCUT2D eigenvalue weighted by Gasteiger charge is -2.22. The average Bonchev–Trinajstić information content (AvgIpc) is 2.37. The molecule has 0 bridgehead atoms.